The topological polar surface area (TPSA) is 88.1 Å². The maximum absolute atomic E-state index is 11.9. The third-order valence-electron chi connectivity index (χ3n) is 2.82. The number of hydrogen-bond donors (Lipinski definition) is 0. The van der Waals surface area contributed by atoms with Gasteiger partial charge in [-0.15, -0.1) is 10.2 Å². The highest BCUT2D eigenvalue weighted by Crippen LogP contribution is 2.22. The van der Waals surface area contributed by atoms with Crippen LogP contribution < -0.4 is 4.74 Å². The van der Waals surface area contributed by atoms with Crippen molar-refractivity contribution < 1.29 is 9.53 Å². The number of fused-ring (bicyclic) bond motifs is 1. The van der Waals surface area contributed by atoms with Crippen LogP contribution in [-0.2, 0) is 4.79 Å². The molecule has 7 nitrogen and oxygen atoms in total. The van der Waals surface area contributed by atoms with Crippen molar-refractivity contribution in [1.82, 2.24) is 0 Å². The molecule has 2 aliphatic rings. The third-order valence-corrected chi connectivity index (χ3v) is 2.82. The first kappa shape index (κ1) is 13.3. The second-order valence-electron chi connectivity index (χ2n) is 5.02. The Hall–Kier alpha value is -2.70. The number of benzene rings is 1. The minimum absolute atomic E-state index is 0.0827. The normalized spacial score (nSPS) is 16.5. The minimum Gasteiger partial charge on any atom is -0.493 e. The van der Waals surface area contributed by atoms with Gasteiger partial charge in [0.05, 0.1) is 12.2 Å². The zero-order valence-corrected chi connectivity index (χ0v) is 11.6. The Labute approximate surface area is 121 Å². The fraction of sp³-hybridized carbons (Fsp3) is 0.286. The van der Waals surface area contributed by atoms with Crippen molar-refractivity contribution >= 4 is 23.3 Å². The zero-order chi connectivity index (χ0) is 14.8. The van der Waals surface area contributed by atoms with Gasteiger partial charge in [-0.05, 0) is 23.3 Å². The van der Waals surface area contributed by atoms with E-state index in [1.807, 2.05) is 18.2 Å². The van der Waals surface area contributed by atoms with Gasteiger partial charge in [-0.25, -0.2) is 4.99 Å². The van der Waals surface area contributed by atoms with Gasteiger partial charge in [-0.1, -0.05) is 26.0 Å². The molecule has 1 aromatic carbocycles. The van der Waals surface area contributed by atoms with E-state index in [1.54, 1.807) is 6.07 Å². The van der Waals surface area contributed by atoms with Crippen molar-refractivity contribution in [3.8, 4) is 5.75 Å². The summed E-state index contributed by atoms with van der Waals surface area (Å²) in [7, 11) is 0. The van der Waals surface area contributed by atoms with E-state index in [2.05, 4.69) is 39.3 Å². The third kappa shape index (κ3) is 2.62. The first-order valence-electron chi connectivity index (χ1n) is 6.58. The molecule has 0 radical (unpaired) electrons. The maximum Gasteiger partial charge on any atom is 0.303 e. The predicted octanol–water partition coefficient (Wildman–Crippen LogP) is 2.23. The number of carbonyl (C=O) groups excluding carboxylic acids is 1. The van der Waals surface area contributed by atoms with Crippen molar-refractivity contribution in [1.29, 1.82) is 0 Å². The lowest BCUT2D eigenvalue weighted by Gasteiger charge is -2.14. The van der Waals surface area contributed by atoms with Crippen LogP contribution in [0.1, 0.15) is 19.4 Å². The Morgan fingerprint density at radius 3 is 2.76 bits per heavy atom. The molecule has 0 spiro atoms. The number of ether oxygens (including phenoxy) is 1. The summed E-state index contributed by atoms with van der Waals surface area (Å²) in [5, 5.41) is 10.8. The monoisotopic (exact) mass is 283 g/mol. The predicted molar refractivity (Wildman–Crippen MR) is 78.0 cm³/mol. The molecular weight excluding hydrogens is 270 g/mol. The summed E-state index contributed by atoms with van der Waals surface area (Å²) >= 11 is 0. The van der Waals surface area contributed by atoms with Crippen LogP contribution in [0.15, 0.2) is 49.7 Å². The molecule has 2 aliphatic heterocycles. The fourth-order valence-electron chi connectivity index (χ4n) is 1.84. The van der Waals surface area contributed by atoms with Crippen LogP contribution in [0.5, 0.6) is 5.75 Å². The van der Waals surface area contributed by atoms with Gasteiger partial charge in [0.25, 0.3) is 0 Å². The average Bonchev–Trinajstić information content (AvgIpc) is 2.94. The van der Waals surface area contributed by atoms with Gasteiger partial charge in [0.2, 0.25) is 11.5 Å². The maximum atomic E-state index is 11.9. The molecule has 106 valence electrons. The van der Waals surface area contributed by atoms with E-state index >= 15 is 0 Å². The van der Waals surface area contributed by atoms with Gasteiger partial charge >= 0.3 is 5.91 Å². The van der Waals surface area contributed by atoms with Crippen molar-refractivity contribution in [3.63, 3.8) is 0 Å². The number of carbonyl (C=O) groups is 1. The van der Waals surface area contributed by atoms with E-state index < -0.39 is 5.91 Å². The van der Waals surface area contributed by atoms with Gasteiger partial charge in [-0.2, -0.15) is 4.99 Å². The lowest BCUT2D eigenvalue weighted by molar-refractivity contribution is -0.111. The van der Waals surface area contributed by atoms with Crippen molar-refractivity contribution in [2.45, 2.75) is 13.8 Å². The van der Waals surface area contributed by atoms with Crippen LogP contribution in [0, 0.1) is 5.92 Å². The van der Waals surface area contributed by atoms with E-state index in [0.717, 1.165) is 0 Å². The molecule has 0 fully saturated rings. The highest BCUT2D eigenvalue weighted by molar-refractivity contribution is 6.69. The Kier molecular flexibility index (Phi) is 3.39. The van der Waals surface area contributed by atoms with E-state index in [-0.39, 0.29) is 17.4 Å². The summed E-state index contributed by atoms with van der Waals surface area (Å²) in [5.41, 5.74) is 0.736. The second kappa shape index (κ2) is 5.35. The molecule has 0 aromatic heterocycles. The van der Waals surface area contributed by atoms with Crippen LogP contribution in [0.4, 0.5) is 0 Å². The van der Waals surface area contributed by atoms with Gasteiger partial charge in [0.1, 0.15) is 5.75 Å². The smallest absolute Gasteiger partial charge is 0.303 e. The Balaban J connectivity index is 1.96. The molecule has 0 aliphatic carbocycles. The Morgan fingerprint density at radius 1 is 1.14 bits per heavy atom. The number of amidine groups is 2. The molecule has 1 amide bonds. The highest BCUT2D eigenvalue weighted by Gasteiger charge is 2.28. The number of rotatable bonds is 4. The lowest BCUT2D eigenvalue weighted by Crippen LogP contribution is -2.26. The van der Waals surface area contributed by atoms with E-state index in [1.165, 1.54) is 0 Å². The van der Waals surface area contributed by atoms with Crippen LogP contribution in [0.2, 0.25) is 0 Å². The zero-order valence-electron chi connectivity index (χ0n) is 11.6. The number of amides is 1. The molecule has 1 aromatic rings. The standard InChI is InChI=1S/C14H13N5O2/c1-8(2)7-21-10-6-4-3-5-9(10)12-15-13-11(14(20)16-12)17-19-18-13/h3-6,8H,7H2,1-2H3. The molecule has 0 N–H and O–H groups in total. The van der Waals surface area contributed by atoms with Gasteiger partial charge in [0.15, 0.2) is 5.84 Å². The minimum atomic E-state index is -0.487. The largest absolute Gasteiger partial charge is 0.493 e. The molecule has 2 heterocycles. The molecule has 0 unspecified atom stereocenters. The molecule has 0 atom stereocenters. The van der Waals surface area contributed by atoms with Gasteiger partial charge < -0.3 is 4.74 Å². The Bertz CT molecular complexity index is 716. The summed E-state index contributed by atoms with van der Waals surface area (Å²) in [6, 6.07) is 7.33. The number of para-hydroxylation sites is 1. The van der Waals surface area contributed by atoms with Crippen molar-refractivity contribution in [3.05, 3.63) is 29.8 Å². The van der Waals surface area contributed by atoms with Crippen molar-refractivity contribution in [2.24, 2.45) is 31.3 Å². The summed E-state index contributed by atoms with van der Waals surface area (Å²) in [5.74, 6) is 1.01. The molecule has 0 saturated heterocycles. The quantitative estimate of drug-likeness (QED) is 0.848. The number of nitrogens with zero attached hydrogens (tertiary/aromatic N) is 5. The molecule has 3 rings (SSSR count). The van der Waals surface area contributed by atoms with E-state index in [0.29, 0.717) is 23.8 Å². The van der Waals surface area contributed by atoms with Crippen LogP contribution in [0.3, 0.4) is 0 Å². The lowest BCUT2D eigenvalue weighted by atomic mass is 10.1. The Morgan fingerprint density at radius 2 is 1.95 bits per heavy atom. The van der Waals surface area contributed by atoms with Gasteiger partial charge in [-0.3, -0.25) is 4.79 Å². The molecular formula is C14H13N5O2. The van der Waals surface area contributed by atoms with Crippen LogP contribution in [0.25, 0.3) is 0 Å². The number of hydrogen-bond acceptors (Lipinski definition) is 6. The first-order valence-corrected chi connectivity index (χ1v) is 6.58. The molecule has 0 bridgehead atoms. The summed E-state index contributed by atoms with van der Waals surface area (Å²) < 4.78 is 5.75. The van der Waals surface area contributed by atoms with E-state index in [4.69, 9.17) is 4.74 Å². The van der Waals surface area contributed by atoms with Crippen LogP contribution >= 0.6 is 0 Å². The molecule has 7 heteroatoms. The van der Waals surface area contributed by atoms with E-state index in [9.17, 15) is 4.79 Å². The summed E-state index contributed by atoms with van der Waals surface area (Å²) in [6.07, 6.45) is 0. The number of aliphatic imine (C=N–C) groups is 2. The van der Waals surface area contributed by atoms with Crippen LogP contribution in [-0.4, -0.2) is 29.9 Å². The summed E-state index contributed by atoms with van der Waals surface area (Å²) in [4.78, 5) is 20.0. The highest BCUT2D eigenvalue weighted by atomic mass is 16.5. The van der Waals surface area contributed by atoms with Crippen molar-refractivity contribution in [2.75, 3.05) is 6.61 Å². The first-order chi connectivity index (χ1) is 10.1. The van der Waals surface area contributed by atoms with Gasteiger partial charge in [0, 0.05) is 0 Å². The summed E-state index contributed by atoms with van der Waals surface area (Å²) in [6.45, 7) is 4.69. The fourth-order valence-corrected chi connectivity index (χ4v) is 1.84. The average molecular weight is 283 g/mol. The SMILES string of the molecule is CC(C)COc1ccccc1C1=NC(=O)C2=NN=NC2=N1. The molecule has 21 heavy (non-hydrogen) atoms. The second-order valence-corrected chi connectivity index (χ2v) is 5.02. The molecule has 0 saturated carbocycles.